The van der Waals surface area contributed by atoms with E-state index in [1.807, 2.05) is 0 Å². The Labute approximate surface area is 164 Å². The largest absolute Gasteiger partial charge is 1.00 e. The molecule has 3 heteroatoms. The molecule has 0 N–H and O–H groups in total. The van der Waals surface area contributed by atoms with Gasteiger partial charge in [-0.05, 0) is 0 Å². The zero-order valence-corrected chi connectivity index (χ0v) is 19.0. The summed E-state index contributed by atoms with van der Waals surface area (Å²) in [7, 11) is 0. The Morgan fingerprint density at radius 3 is 2.25 bits per heavy atom. The number of allylic oxidation sites excluding steroid dienone is 4. The summed E-state index contributed by atoms with van der Waals surface area (Å²) in [4.78, 5) is 0. The Morgan fingerprint density at radius 2 is 1.54 bits per heavy atom. The molecule has 0 radical (unpaired) electrons. The summed E-state index contributed by atoms with van der Waals surface area (Å²) in [5, 5.41) is 0. The first kappa shape index (κ1) is 19.6. The zero-order chi connectivity index (χ0) is 15.1. The van der Waals surface area contributed by atoms with Crippen LogP contribution in [0, 0.1) is 0 Å². The molecular formula is C21H20Cl2Hf. The van der Waals surface area contributed by atoms with E-state index in [4.69, 9.17) is 0 Å². The molecule has 0 fully saturated rings. The number of halogens is 2. The van der Waals surface area contributed by atoms with Crippen LogP contribution in [0.2, 0.25) is 3.67 Å². The van der Waals surface area contributed by atoms with Crippen LogP contribution in [0.5, 0.6) is 0 Å². The molecule has 2 aliphatic carbocycles. The molecule has 0 unspecified atom stereocenters. The second-order valence-corrected chi connectivity index (χ2v) is 17.3. The molecule has 0 nitrogen and oxygen atoms in total. The van der Waals surface area contributed by atoms with Gasteiger partial charge in [-0.2, -0.15) is 0 Å². The van der Waals surface area contributed by atoms with E-state index >= 15 is 0 Å². The van der Waals surface area contributed by atoms with Crippen LogP contribution in [0.1, 0.15) is 25.0 Å². The predicted molar refractivity (Wildman–Crippen MR) is 92.7 cm³/mol. The van der Waals surface area contributed by atoms with Crippen LogP contribution in [-0.4, -0.2) is 3.26 Å². The van der Waals surface area contributed by atoms with Gasteiger partial charge in [0, 0.05) is 0 Å². The topological polar surface area (TPSA) is 0 Å². The molecular weight excluding hydrogens is 502 g/mol. The molecule has 0 aliphatic heterocycles. The molecule has 0 atom stereocenters. The van der Waals surface area contributed by atoms with Crippen LogP contribution in [0.15, 0.2) is 66.8 Å². The minimum atomic E-state index is -2.02. The van der Waals surface area contributed by atoms with Crippen molar-refractivity contribution in [2.24, 2.45) is 0 Å². The van der Waals surface area contributed by atoms with Gasteiger partial charge in [-0.1, -0.05) is 0 Å². The normalized spacial score (nSPS) is 13.4. The Morgan fingerprint density at radius 1 is 0.875 bits per heavy atom. The van der Waals surface area contributed by atoms with Gasteiger partial charge < -0.3 is 24.8 Å². The molecule has 0 saturated heterocycles. The van der Waals surface area contributed by atoms with Crippen LogP contribution in [0.4, 0.5) is 0 Å². The first-order chi connectivity index (χ1) is 10.8. The van der Waals surface area contributed by atoms with Crippen LogP contribution in [0.25, 0.3) is 11.1 Å². The summed E-state index contributed by atoms with van der Waals surface area (Å²) in [6, 6.07) is 16.0. The van der Waals surface area contributed by atoms with Gasteiger partial charge in [0.15, 0.2) is 0 Å². The second-order valence-electron chi connectivity index (χ2n) is 6.37. The van der Waals surface area contributed by atoms with Crippen molar-refractivity contribution >= 4 is 6.58 Å². The smallest absolute Gasteiger partial charge is 1.00 e. The molecule has 4 rings (SSSR count). The van der Waals surface area contributed by atoms with E-state index in [-0.39, 0.29) is 24.8 Å². The monoisotopic (exact) mass is 522 g/mol. The number of benzene rings is 2. The van der Waals surface area contributed by atoms with Crippen molar-refractivity contribution in [2.75, 3.05) is 0 Å². The van der Waals surface area contributed by atoms with Gasteiger partial charge in [-0.25, -0.2) is 0 Å². The fourth-order valence-corrected chi connectivity index (χ4v) is 14.6. The third-order valence-corrected chi connectivity index (χ3v) is 16.2. The summed E-state index contributed by atoms with van der Waals surface area (Å²) < 4.78 is 4.14. The summed E-state index contributed by atoms with van der Waals surface area (Å²) in [5.41, 5.74) is 6.07. The van der Waals surface area contributed by atoms with Crippen LogP contribution in [0.3, 0.4) is 0 Å². The Kier molecular flexibility index (Phi) is 6.59. The van der Waals surface area contributed by atoms with Crippen molar-refractivity contribution in [2.45, 2.75) is 23.9 Å². The first-order valence-corrected chi connectivity index (χ1v) is 13.7. The molecule has 122 valence electrons. The number of fused-ring (bicyclic) bond motifs is 3. The maximum absolute atomic E-state index is 2.43. The van der Waals surface area contributed by atoms with Gasteiger partial charge >= 0.3 is 140 Å². The first-order valence-electron chi connectivity index (χ1n) is 7.98. The average molecular weight is 522 g/mol. The molecule has 2 aliphatic rings. The standard InChI is InChI=1S/C13H9.C5H5.C3H6.2ClH.Hf/c1-3-7-12-10(5-1)9-11-6-2-4-8-13(11)12;1-2-4-5-3-1;1-3-2;;;/h1-5,7-8H,9H2;1-5H;1-2H3;2*1H;/q;;;;;+2/p-2. The van der Waals surface area contributed by atoms with Crippen molar-refractivity contribution in [1.29, 1.82) is 0 Å². The summed E-state index contributed by atoms with van der Waals surface area (Å²) in [5.74, 6) is 0. The van der Waals surface area contributed by atoms with Crippen LogP contribution < -0.4 is 28.1 Å². The summed E-state index contributed by atoms with van der Waals surface area (Å²) in [6.45, 7) is 4.73. The van der Waals surface area contributed by atoms with Gasteiger partial charge in [-0.15, -0.1) is 0 Å². The molecule has 2 aromatic rings. The number of hydrogen-bond donors (Lipinski definition) is 0. The van der Waals surface area contributed by atoms with Crippen molar-refractivity contribution in [3.8, 4) is 11.1 Å². The van der Waals surface area contributed by atoms with E-state index in [2.05, 4.69) is 80.6 Å². The van der Waals surface area contributed by atoms with Crippen molar-refractivity contribution in [3.05, 3.63) is 77.9 Å². The molecule has 24 heavy (non-hydrogen) atoms. The van der Waals surface area contributed by atoms with Gasteiger partial charge in [0.25, 0.3) is 0 Å². The quantitative estimate of drug-likeness (QED) is 0.366. The summed E-state index contributed by atoms with van der Waals surface area (Å²) in [6.07, 6.45) is 10.4. The fourth-order valence-electron chi connectivity index (χ4n) is 3.82. The Bertz CT molecular complexity index is 831. The predicted octanol–water partition coefficient (Wildman–Crippen LogP) is -1.36. The van der Waals surface area contributed by atoms with E-state index in [1.165, 1.54) is 16.7 Å². The van der Waals surface area contributed by atoms with Gasteiger partial charge in [0.05, 0.1) is 0 Å². The minimum absolute atomic E-state index is 0. The van der Waals surface area contributed by atoms with Gasteiger partial charge in [0.2, 0.25) is 0 Å². The van der Waals surface area contributed by atoms with E-state index in [0.717, 1.165) is 6.42 Å². The van der Waals surface area contributed by atoms with Crippen molar-refractivity contribution < 1.29 is 45.8 Å². The molecule has 0 heterocycles. The SMILES string of the molecule is C[C](C)=[Hf+2]([c]1cccc2c1Cc1ccccc1-2)[CH]1C=CC=C1.[Cl-].[Cl-]. The molecule has 0 spiro atoms. The number of hydrogen-bond acceptors (Lipinski definition) is 0. The second kappa shape index (κ2) is 8.08. The van der Waals surface area contributed by atoms with Crippen molar-refractivity contribution in [1.82, 2.24) is 0 Å². The van der Waals surface area contributed by atoms with Crippen molar-refractivity contribution in [3.63, 3.8) is 0 Å². The third kappa shape index (κ3) is 3.31. The zero-order valence-electron chi connectivity index (χ0n) is 13.9. The van der Waals surface area contributed by atoms with E-state index < -0.39 is 21.0 Å². The average Bonchev–Trinajstić information content (AvgIpc) is 3.15. The molecule has 0 aromatic heterocycles. The third-order valence-electron chi connectivity index (χ3n) is 4.76. The minimum Gasteiger partial charge on any atom is -1.00 e. The maximum atomic E-state index is 2.43. The van der Waals surface area contributed by atoms with Crippen LogP contribution in [-0.2, 0) is 27.4 Å². The summed E-state index contributed by atoms with van der Waals surface area (Å²) >= 11 is -2.02. The van der Waals surface area contributed by atoms with E-state index in [9.17, 15) is 0 Å². The Hall–Kier alpha value is -0.760. The van der Waals surface area contributed by atoms with Gasteiger partial charge in [-0.3, -0.25) is 0 Å². The van der Waals surface area contributed by atoms with Gasteiger partial charge in [0.1, 0.15) is 0 Å². The molecule has 0 amide bonds. The van der Waals surface area contributed by atoms with Crippen LogP contribution >= 0.6 is 0 Å². The number of rotatable bonds is 2. The van der Waals surface area contributed by atoms with E-state index in [1.54, 1.807) is 12.1 Å². The molecule has 0 saturated carbocycles. The molecule has 2 aromatic carbocycles. The maximum Gasteiger partial charge on any atom is -1.00 e. The molecule has 0 bridgehead atoms. The van der Waals surface area contributed by atoms with E-state index in [0.29, 0.717) is 3.67 Å². The Balaban J connectivity index is 0.00000104. The fraction of sp³-hybridized carbons (Fsp3) is 0.190.